The molecule has 1 aromatic carbocycles. The van der Waals surface area contributed by atoms with Crippen LogP contribution in [-0.4, -0.2) is 39.8 Å². The van der Waals surface area contributed by atoms with Crippen molar-refractivity contribution in [3.63, 3.8) is 0 Å². The van der Waals surface area contributed by atoms with Crippen LogP contribution in [0.2, 0.25) is 0 Å². The summed E-state index contributed by atoms with van der Waals surface area (Å²) in [6.45, 7) is 1.53. The van der Waals surface area contributed by atoms with Gasteiger partial charge in [-0.2, -0.15) is 17.9 Å². The number of carbonyl (C=O) groups is 1. The van der Waals surface area contributed by atoms with Crippen molar-refractivity contribution in [1.29, 1.82) is 0 Å². The van der Waals surface area contributed by atoms with Gasteiger partial charge in [-0.3, -0.25) is 0 Å². The molecular weight excluding hydrogens is 284 g/mol. The van der Waals surface area contributed by atoms with Crippen molar-refractivity contribution in [2.45, 2.75) is 12.5 Å². The Morgan fingerprint density at radius 1 is 1.35 bits per heavy atom. The maximum absolute atomic E-state index is 11.9. The zero-order valence-electron chi connectivity index (χ0n) is 11.3. The van der Waals surface area contributed by atoms with Crippen LogP contribution in [0.25, 0.3) is 0 Å². The predicted octanol–water partition coefficient (Wildman–Crippen LogP) is 0.0568. The van der Waals surface area contributed by atoms with Gasteiger partial charge in [0.05, 0.1) is 6.61 Å². The number of ether oxygens (including phenoxy) is 1. The highest BCUT2D eigenvalue weighted by molar-refractivity contribution is 7.87. The van der Waals surface area contributed by atoms with Gasteiger partial charge in [0.15, 0.2) is 5.54 Å². The molecule has 0 heterocycles. The van der Waals surface area contributed by atoms with E-state index in [1.54, 1.807) is 30.3 Å². The van der Waals surface area contributed by atoms with Crippen LogP contribution < -0.4 is 9.44 Å². The lowest BCUT2D eigenvalue weighted by molar-refractivity contribution is -0.143. The van der Waals surface area contributed by atoms with Gasteiger partial charge in [-0.1, -0.05) is 30.3 Å². The van der Waals surface area contributed by atoms with Gasteiger partial charge in [-0.15, -0.1) is 0 Å². The normalized spacial score (nSPS) is 14.7. The minimum Gasteiger partial charge on any atom is -0.480 e. The fourth-order valence-corrected chi connectivity index (χ4v) is 2.75. The van der Waals surface area contributed by atoms with E-state index in [0.29, 0.717) is 5.56 Å². The number of hydrogen-bond acceptors (Lipinski definition) is 4. The van der Waals surface area contributed by atoms with Crippen molar-refractivity contribution in [3.8, 4) is 0 Å². The molecule has 0 aliphatic rings. The maximum Gasteiger partial charge on any atom is 0.329 e. The van der Waals surface area contributed by atoms with Crippen molar-refractivity contribution in [1.82, 2.24) is 9.44 Å². The monoisotopic (exact) mass is 302 g/mol. The summed E-state index contributed by atoms with van der Waals surface area (Å²) < 4.78 is 32.8. The second-order valence-corrected chi connectivity index (χ2v) is 5.79. The van der Waals surface area contributed by atoms with Gasteiger partial charge in [0.2, 0.25) is 0 Å². The van der Waals surface area contributed by atoms with Crippen molar-refractivity contribution in [2.24, 2.45) is 0 Å². The molecule has 1 rings (SSSR count). The number of nitrogens with one attached hydrogen (secondary N) is 2. The molecule has 112 valence electrons. The molecule has 0 spiro atoms. The summed E-state index contributed by atoms with van der Waals surface area (Å²) in [7, 11) is -2.53. The van der Waals surface area contributed by atoms with E-state index < -0.39 is 21.7 Å². The SMILES string of the molecule is COCCNS(=O)(=O)NC(C)(C(=O)O)c1ccccc1. The van der Waals surface area contributed by atoms with E-state index in [1.807, 2.05) is 0 Å². The van der Waals surface area contributed by atoms with Crippen molar-refractivity contribution < 1.29 is 23.1 Å². The van der Waals surface area contributed by atoms with Gasteiger partial charge in [0.1, 0.15) is 0 Å². The van der Waals surface area contributed by atoms with Crippen LogP contribution in [0.4, 0.5) is 0 Å². The third-order valence-corrected chi connectivity index (χ3v) is 3.98. The first-order valence-corrected chi connectivity index (χ1v) is 7.36. The Balaban J connectivity index is 2.96. The molecule has 0 saturated carbocycles. The molecule has 0 saturated heterocycles. The molecule has 0 amide bonds. The van der Waals surface area contributed by atoms with E-state index in [0.717, 1.165) is 0 Å². The van der Waals surface area contributed by atoms with Gasteiger partial charge >= 0.3 is 5.97 Å². The Bertz CT molecular complexity index is 546. The molecule has 0 radical (unpaired) electrons. The summed E-state index contributed by atoms with van der Waals surface area (Å²) in [6, 6.07) is 8.10. The van der Waals surface area contributed by atoms with Crippen LogP contribution >= 0.6 is 0 Å². The third-order valence-electron chi connectivity index (χ3n) is 2.72. The van der Waals surface area contributed by atoms with Gasteiger partial charge in [0.25, 0.3) is 10.2 Å². The van der Waals surface area contributed by atoms with Gasteiger partial charge in [-0.25, -0.2) is 4.79 Å². The number of methoxy groups -OCH3 is 1. The number of hydrogen-bond donors (Lipinski definition) is 3. The van der Waals surface area contributed by atoms with Crippen molar-refractivity contribution >= 4 is 16.2 Å². The maximum atomic E-state index is 11.9. The Morgan fingerprint density at radius 2 is 1.95 bits per heavy atom. The molecule has 1 unspecified atom stereocenters. The van der Waals surface area contributed by atoms with Crippen molar-refractivity contribution in [2.75, 3.05) is 20.3 Å². The number of aliphatic carboxylic acids is 1. The number of carboxylic acid groups (broad SMARTS) is 1. The first-order chi connectivity index (χ1) is 9.32. The molecule has 0 fully saturated rings. The van der Waals surface area contributed by atoms with E-state index in [-0.39, 0.29) is 13.2 Å². The number of benzene rings is 1. The second-order valence-electron chi connectivity index (χ2n) is 4.29. The summed E-state index contributed by atoms with van der Waals surface area (Å²) in [4.78, 5) is 11.4. The van der Waals surface area contributed by atoms with Crippen LogP contribution in [0.3, 0.4) is 0 Å². The Kier molecular flexibility index (Phi) is 5.63. The third kappa shape index (κ3) is 4.27. The summed E-state index contributed by atoms with van der Waals surface area (Å²) in [6.07, 6.45) is 0. The van der Waals surface area contributed by atoms with Crippen molar-refractivity contribution in [3.05, 3.63) is 35.9 Å². The number of rotatable bonds is 8. The minimum absolute atomic E-state index is 0.0519. The molecule has 0 aliphatic carbocycles. The van der Waals surface area contributed by atoms with E-state index in [9.17, 15) is 18.3 Å². The predicted molar refractivity (Wildman–Crippen MR) is 73.4 cm³/mol. The summed E-state index contributed by atoms with van der Waals surface area (Å²) >= 11 is 0. The molecule has 1 aromatic rings. The minimum atomic E-state index is -3.97. The molecule has 3 N–H and O–H groups in total. The smallest absolute Gasteiger partial charge is 0.329 e. The van der Waals surface area contributed by atoms with E-state index >= 15 is 0 Å². The highest BCUT2D eigenvalue weighted by Gasteiger charge is 2.39. The Morgan fingerprint density at radius 3 is 2.45 bits per heavy atom. The van der Waals surface area contributed by atoms with Crippen LogP contribution in [0.5, 0.6) is 0 Å². The highest BCUT2D eigenvalue weighted by Crippen LogP contribution is 2.21. The standard InChI is InChI=1S/C12H18N2O5S/c1-12(11(15)16,10-6-4-3-5-7-10)14-20(17,18)13-8-9-19-2/h3-7,13-14H,8-9H2,1-2H3,(H,15,16). The van der Waals surface area contributed by atoms with E-state index in [2.05, 4.69) is 9.44 Å². The lowest BCUT2D eigenvalue weighted by atomic mass is 9.94. The van der Waals surface area contributed by atoms with Gasteiger partial charge < -0.3 is 9.84 Å². The molecule has 0 aliphatic heterocycles. The number of carboxylic acids is 1. The second kappa shape index (κ2) is 6.80. The molecule has 8 heteroatoms. The van der Waals surface area contributed by atoms with Gasteiger partial charge in [0, 0.05) is 13.7 Å². The molecule has 7 nitrogen and oxygen atoms in total. The summed E-state index contributed by atoms with van der Waals surface area (Å²) in [5, 5.41) is 9.34. The van der Waals surface area contributed by atoms with Crippen LogP contribution in [0, 0.1) is 0 Å². The first kappa shape index (κ1) is 16.6. The average molecular weight is 302 g/mol. The van der Waals surface area contributed by atoms with Crippen LogP contribution in [0.1, 0.15) is 12.5 Å². The molecule has 0 aromatic heterocycles. The van der Waals surface area contributed by atoms with Gasteiger partial charge in [-0.05, 0) is 12.5 Å². The van der Waals surface area contributed by atoms with Crippen LogP contribution in [-0.2, 0) is 25.3 Å². The highest BCUT2D eigenvalue weighted by atomic mass is 32.2. The molecule has 0 bridgehead atoms. The molecule has 1 atom stereocenters. The Hall–Kier alpha value is -1.48. The first-order valence-electron chi connectivity index (χ1n) is 5.88. The van der Waals surface area contributed by atoms with E-state index in [1.165, 1.54) is 14.0 Å². The zero-order valence-corrected chi connectivity index (χ0v) is 12.1. The summed E-state index contributed by atoms with van der Waals surface area (Å²) in [5.74, 6) is -1.29. The largest absolute Gasteiger partial charge is 0.480 e. The van der Waals surface area contributed by atoms with E-state index in [4.69, 9.17) is 4.74 Å². The fraction of sp³-hybridized carbons (Fsp3) is 0.417. The topological polar surface area (TPSA) is 105 Å². The quantitative estimate of drug-likeness (QED) is 0.589. The Labute approximate surface area is 118 Å². The lowest BCUT2D eigenvalue weighted by Gasteiger charge is -2.26. The zero-order chi connectivity index (χ0) is 15.2. The van der Waals surface area contributed by atoms with Crippen LogP contribution in [0.15, 0.2) is 30.3 Å². The lowest BCUT2D eigenvalue weighted by Crippen LogP contribution is -2.53. The molecule has 20 heavy (non-hydrogen) atoms. The molecular formula is C12H18N2O5S. The fourth-order valence-electron chi connectivity index (χ4n) is 1.58. The average Bonchev–Trinajstić information content (AvgIpc) is 2.39. The summed E-state index contributed by atoms with van der Waals surface area (Å²) in [5.41, 5.74) is -1.41.